The highest BCUT2D eigenvalue weighted by Gasteiger charge is 2.30. The van der Waals surface area contributed by atoms with Crippen LogP contribution in [0, 0.1) is 16.0 Å². The van der Waals surface area contributed by atoms with Crippen LogP contribution in [0.1, 0.15) is 18.5 Å². The molecule has 0 saturated heterocycles. The second kappa shape index (κ2) is 9.08. The molecule has 0 aliphatic heterocycles. The molecular formula is C21H18N4O6S2. The molecular weight excluding hydrogens is 468 g/mol. The first kappa shape index (κ1) is 22.6. The molecule has 170 valence electrons. The summed E-state index contributed by atoms with van der Waals surface area (Å²) < 4.78 is 25.4. The first-order valence-electron chi connectivity index (χ1n) is 9.87. The molecule has 1 aliphatic carbocycles. The molecule has 0 atom stereocenters. The van der Waals surface area contributed by atoms with E-state index in [0.717, 1.165) is 25.0 Å². The molecule has 0 bridgehead atoms. The third kappa shape index (κ3) is 5.41. The van der Waals surface area contributed by atoms with Gasteiger partial charge in [-0.05, 0) is 49.2 Å². The molecule has 12 heteroatoms. The van der Waals surface area contributed by atoms with Gasteiger partial charge in [0.2, 0.25) is 21.7 Å². The summed E-state index contributed by atoms with van der Waals surface area (Å²) in [6.07, 6.45) is 1.78. The molecule has 2 aromatic carbocycles. The van der Waals surface area contributed by atoms with Gasteiger partial charge in [0.25, 0.3) is 5.69 Å². The Balaban J connectivity index is 1.37. The summed E-state index contributed by atoms with van der Waals surface area (Å²) in [5.74, 6) is -0.330. The van der Waals surface area contributed by atoms with Gasteiger partial charge >= 0.3 is 0 Å². The first-order valence-corrected chi connectivity index (χ1v) is 12.2. The Kier molecular flexibility index (Phi) is 6.20. The second-order valence-electron chi connectivity index (χ2n) is 7.41. The quantitative estimate of drug-likeness (QED) is 0.366. The number of non-ortho nitro benzene ring substituents is 1. The van der Waals surface area contributed by atoms with Crippen molar-refractivity contribution in [2.75, 3.05) is 10.6 Å². The molecule has 0 unspecified atom stereocenters. The summed E-state index contributed by atoms with van der Waals surface area (Å²) in [4.78, 5) is 38.4. The molecule has 1 heterocycles. The smallest absolute Gasteiger partial charge is 0.269 e. The second-order valence-corrected chi connectivity index (χ2v) is 10.2. The third-order valence-electron chi connectivity index (χ3n) is 4.88. The molecule has 33 heavy (non-hydrogen) atoms. The van der Waals surface area contributed by atoms with Gasteiger partial charge in [0.15, 0.2) is 5.13 Å². The van der Waals surface area contributed by atoms with E-state index in [1.165, 1.54) is 47.7 Å². The van der Waals surface area contributed by atoms with Crippen molar-refractivity contribution >= 4 is 49.5 Å². The van der Waals surface area contributed by atoms with Crippen molar-refractivity contribution in [2.24, 2.45) is 5.92 Å². The predicted octanol–water partition coefficient (Wildman–Crippen LogP) is 3.41. The number of nitrogens with zero attached hydrogens (tertiary/aromatic N) is 2. The van der Waals surface area contributed by atoms with E-state index in [4.69, 9.17) is 0 Å². The molecule has 4 rings (SSSR count). The maximum atomic E-state index is 12.7. The number of hydrogen-bond donors (Lipinski definition) is 2. The lowest BCUT2D eigenvalue weighted by atomic mass is 10.3. The summed E-state index contributed by atoms with van der Waals surface area (Å²) >= 11 is 1.25. The number of benzene rings is 2. The van der Waals surface area contributed by atoms with E-state index in [1.807, 2.05) is 0 Å². The minimum absolute atomic E-state index is 0.00135. The van der Waals surface area contributed by atoms with E-state index < -0.39 is 14.8 Å². The fourth-order valence-electron chi connectivity index (χ4n) is 2.97. The van der Waals surface area contributed by atoms with Crippen molar-refractivity contribution < 1.29 is 22.9 Å². The molecule has 2 N–H and O–H groups in total. The van der Waals surface area contributed by atoms with Crippen LogP contribution >= 0.6 is 11.3 Å². The lowest BCUT2D eigenvalue weighted by Crippen LogP contribution is -2.15. The van der Waals surface area contributed by atoms with Gasteiger partial charge in [0.05, 0.1) is 26.8 Å². The largest absolute Gasteiger partial charge is 0.326 e. The molecule has 1 saturated carbocycles. The number of hydrogen-bond acceptors (Lipinski definition) is 8. The van der Waals surface area contributed by atoms with Crippen LogP contribution in [-0.4, -0.2) is 30.1 Å². The molecule has 1 aliphatic rings. The number of carbonyl (C=O) groups is 2. The lowest BCUT2D eigenvalue weighted by molar-refractivity contribution is -0.384. The summed E-state index contributed by atoms with van der Waals surface area (Å²) in [5, 5.41) is 18.3. The van der Waals surface area contributed by atoms with Crippen molar-refractivity contribution in [3.8, 4) is 0 Å². The summed E-state index contributed by atoms with van der Waals surface area (Å²) in [7, 11) is -3.86. The van der Waals surface area contributed by atoms with E-state index >= 15 is 0 Å². The monoisotopic (exact) mass is 486 g/mol. The lowest BCUT2D eigenvalue weighted by Gasteiger charge is -2.07. The zero-order valence-corrected chi connectivity index (χ0v) is 18.7. The number of sulfone groups is 1. The van der Waals surface area contributed by atoms with Gasteiger partial charge in [-0.1, -0.05) is 0 Å². The minimum atomic E-state index is -3.86. The van der Waals surface area contributed by atoms with Gasteiger partial charge in [-0.15, -0.1) is 11.3 Å². The van der Waals surface area contributed by atoms with Gasteiger partial charge < -0.3 is 10.6 Å². The van der Waals surface area contributed by atoms with Crippen molar-refractivity contribution in [1.29, 1.82) is 0 Å². The fourth-order valence-corrected chi connectivity index (χ4v) is 4.94. The number of thiazole rings is 1. The summed E-state index contributed by atoms with van der Waals surface area (Å²) in [6.45, 7) is 0. The maximum Gasteiger partial charge on any atom is 0.269 e. The minimum Gasteiger partial charge on any atom is -0.326 e. The molecule has 2 amide bonds. The number of nitro benzene ring substituents is 1. The Hall–Kier alpha value is -3.64. The molecule has 0 radical (unpaired) electrons. The van der Waals surface area contributed by atoms with Crippen LogP contribution in [-0.2, 0) is 25.8 Å². The highest BCUT2D eigenvalue weighted by atomic mass is 32.2. The fraction of sp³-hybridized carbons (Fsp3) is 0.190. The molecule has 1 fully saturated rings. The van der Waals surface area contributed by atoms with E-state index in [2.05, 4.69) is 15.6 Å². The van der Waals surface area contributed by atoms with Crippen molar-refractivity contribution in [1.82, 2.24) is 4.98 Å². The number of nitro groups is 1. The Morgan fingerprint density at radius 2 is 1.64 bits per heavy atom. The zero-order chi connectivity index (χ0) is 23.6. The Morgan fingerprint density at radius 1 is 1.03 bits per heavy atom. The van der Waals surface area contributed by atoms with Crippen LogP contribution in [0.5, 0.6) is 0 Å². The number of aromatic nitrogens is 1. The Labute approximate surface area is 192 Å². The van der Waals surface area contributed by atoms with Crippen LogP contribution in [0.2, 0.25) is 0 Å². The molecule has 3 aromatic rings. The van der Waals surface area contributed by atoms with E-state index in [-0.39, 0.29) is 39.6 Å². The van der Waals surface area contributed by atoms with E-state index in [0.29, 0.717) is 16.5 Å². The normalized spacial score (nSPS) is 13.3. The predicted molar refractivity (Wildman–Crippen MR) is 121 cm³/mol. The zero-order valence-electron chi connectivity index (χ0n) is 17.1. The topological polar surface area (TPSA) is 148 Å². The number of anilines is 2. The van der Waals surface area contributed by atoms with Gasteiger partial charge in [-0.25, -0.2) is 13.4 Å². The van der Waals surface area contributed by atoms with Gasteiger partial charge in [0, 0.05) is 29.1 Å². The van der Waals surface area contributed by atoms with Crippen molar-refractivity contribution in [3.63, 3.8) is 0 Å². The highest BCUT2D eigenvalue weighted by molar-refractivity contribution is 7.91. The van der Waals surface area contributed by atoms with Crippen LogP contribution in [0.3, 0.4) is 0 Å². The first-order chi connectivity index (χ1) is 15.7. The molecule has 0 spiro atoms. The van der Waals surface area contributed by atoms with Gasteiger partial charge in [-0.2, -0.15) is 0 Å². The number of nitrogens with one attached hydrogen (secondary N) is 2. The number of amides is 2. The SMILES string of the molecule is O=C(Cc1csc(NC(=O)C2CC2)n1)Nc1ccc(S(=O)(=O)c2ccc([N+](=O)[O-])cc2)cc1. The standard InChI is InChI=1S/C21H18N4O6S2/c26-19(11-15-12-32-21(23-15)24-20(27)13-1-2-13)22-14-3-7-17(8-4-14)33(30,31)18-9-5-16(6-10-18)25(28)29/h3-10,12-13H,1-2,11H2,(H,22,26)(H,23,24,27). The average Bonchev–Trinajstić information content (AvgIpc) is 3.55. The summed E-state index contributed by atoms with van der Waals surface area (Å²) in [6, 6.07) is 10.2. The highest BCUT2D eigenvalue weighted by Crippen LogP contribution is 2.30. The summed E-state index contributed by atoms with van der Waals surface area (Å²) in [5.41, 5.74) is 0.714. The molecule has 1 aromatic heterocycles. The van der Waals surface area contributed by atoms with Crippen LogP contribution in [0.15, 0.2) is 63.7 Å². The Bertz CT molecular complexity index is 1310. The Morgan fingerprint density at radius 3 is 2.21 bits per heavy atom. The maximum absolute atomic E-state index is 12.7. The van der Waals surface area contributed by atoms with Crippen molar-refractivity contribution in [3.05, 3.63) is 69.7 Å². The van der Waals surface area contributed by atoms with E-state index in [1.54, 1.807) is 5.38 Å². The van der Waals surface area contributed by atoms with Crippen molar-refractivity contribution in [2.45, 2.75) is 29.1 Å². The van der Waals surface area contributed by atoms with Gasteiger partial charge in [0.1, 0.15) is 0 Å². The van der Waals surface area contributed by atoms with E-state index in [9.17, 15) is 28.1 Å². The number of carbonyl (C=O) groups excluding carboxylic acids is 2. The number of rotatable bonds is 8. The molecule has 10 nitrogen and oxygen atoms in total. The van der Waals surface area contributed by atoms with Crippen LogP contribution in [0.4, 0.5) is 16.5 Å². The van der Waals surface area contributed by atoms with Gasteiger partial charge in [-0.3, -0.25) is 19.7 Å². The average molecular weight is 487 g/mol. The third-order valence-corrected chi connectivity index (χ3v) is 7.47. The van der Waals surface area contributed by atoms with Crippen LogP contribution < -0.4 is 10.6 Å². The van der Waals surface area contributed by atoms with Crippen LogP contribution in [0.25, 0.3) is 0 Å².